The fourth-order valence-electron chi connectivity index (χ4n) is 2.81. The van der Waals surface area contributed by atoms with E-state index in [1.54, 1.807) is 11.3 Å². The molecule has 2 aliphatic heterocycles. The van der Waals surface area contributed by atoms with Crippen molar-refractivity contribution in [2.24, 2.45) is 5.92 Å². The van der Waals surface area contributed by atoms with Crippen molar-refractivity contribution in [3.8, 4) is 0 Å². The van der Waals surface area contributed by atoms with Crippen LogP contribution in [0.15, 0.2) is 11.6 Å². The molecular weight excluding hydrogens is 248 g/mol. The second-order valence-electron chi connectivity index (χ2n) is 4.97. The molecule has 0 spiro atoms. The van der Waals surface area contributed by atoms with Crippen LogP contribution in [0.4, 0.5) is 0 Å². The van der Waals surface area contributed by atoms with Crippen LogP contribution in [0.1, 0.15) is 36.7 Å². The highest BCUT2D eigenvalue weighted by Crippen LogP contribution is 2.33. The summed E-state index contributed by atoms with van der Waals surface area (Å²) in [6.45, 7) is 2.20. The molecule has 98 valence electrons. The van der Waals surface area contributed by atoms with Crippen LogP contribution in [0.3, 0.4) is 0 Å². The van der Waals surface area contributed by atoms with Gasteiger partial charge >= 0.3 is 0 Å². The van der Waals surface area contributed by atoms with Gasteiger partial charge in [-0.2, -0.15) is 0 Å². The first kappa shape index (κ1) is 12.1. The number of nitrogens with zero attached hydrogens (tertiary/aromatic N) is 2. The van der Waals surface area contributed by atoms with Gasteiger partial charge in [0.2, 0.25) is 5.91 Å². The molecule has 3 heterocycles. The quantitative estimate of drug-likeness (QED) is 0.824. The summed E-state index contributed by atoms with van der Waals surface area (Å²) >= 11 is 1.66. The molecule has 0 unspecified atom stereocenters. The molecule has 0 N–H and O–H groups in total. The van der Waals surface area contributed by atoms with Crippen molar-refractivity contribution in [2.75, 3.05) is 19.8 Å². The topological polar surface area (TPSA) is 42.4 Å². The maximum Gasteiger partial charge on any atom is 0.228 e. The standard InChI is InChI=1S/C13H18N2O2S/c16-13(10-4-7-17-9-10)15-6-2-1-3-11(15)12-14-5-8-18-12/h5,8,10-11H,1-4,6-7,9H2/t10-,11+/m1/s1. The molecule has 0 bridgehead atoms. The largest absolute Gasteiger partial charge is 0.381 e. The number of hydrogen-bond donors (Lipinski definition) is 0. The molecule has 5 heteroatoms. The van der Waals surface area contributed by atoms with Crippen LogP contribution in [-0.2, 0) is 9.53 Å². The van der Waals surface area contributed by atoms with Gasteiger partial charge in [0.25, 0.3) is 0 Å². The number of aromatic nitrogens is 1. The van der Waals surface area contributed by atoms with Crippen LogP contribution in [0.2, 0.25) is 0 Å². The highest BCUT2D eigenvalue weighted by atomic mass is 32.1. The fourth-order valence-corrected chi connectivity index (χ4v) is 3.60. The van der Waals surface area contributed by atoms with Crippen molar-refractivity contribution >= 4 is 17.2 Å². The maximum absolute atomic E-state index is 12.5. The lowest BCUT2D eigenvalue weighted by molar-refractivity contribution is -0.139. The number of hydrogen-bond acceptors (Lipinski definition) is 4. The zero-order valence-electron chi connectivity index (χ0n) is 10.4. The Morgan fingerprint density at radius 2 is 2.39 bits per heavy atom. The Bertz CT molecular complexity index is 401. The first-order chi connectivity index (χ1) is 8.86. The number of amides is 1. The number of piperidine rings is 1. The lowest BCUT2D eigenvalue weighted by atomic mass is 9.99. The van der Waals surface area contributed by atoms with Crippen molar-refractivity contribution < 1.29 is 9.53 Å². The van der Waals surface area contributed by atoms with Crippen LogP contribution in [-0.4, -0.2) is 35.5 Å². The highest BCUT2D eigenvalue weighted by Gasteiger charge is 2.34. The summed E-state index contributed by atoms with van der Waals surface area (Å²) in [4.78, 5) is 19.0. The Hall–Kier alpha value is -0.940. The molecule has 0 aromatic carbocycles. The van der Waals surface area contributed by atoms with Crippen molar-refractivity contribution in [3.63, 3.8) is 0 Å². The van der Waals surface area contributed by atoms with Gasteiger partial charge in [0.15, 0.2) is 0 Å². The summed E-state index contributed by atoms with van der Waals surface area (Å²) in [5.74, 6) is 0.345. The zero-order valence-corrected chi connectivity index (χ0v) is 11.2. The average molecular weight is 266 g/mol. The predicted octanol–water partition coefficient (Wildman–Crippen LogP) is 2.23. The van der Waals surface area contributed by atoms with E-state index in [1.165, 1.54) is 6.42 Å². The van der Waals surface area contributed by atoms with E-state index in [0.717, 1.165) is 37.4 Å². The molecule has 2 atom stereocenters. The second kappa shape index (κ2) is 5.36. The first-order valence-electron chi connectivity index (χ1n) is 6.64. The Balaban J connectivity index is 1.77. The smallest absolute Gasteiger partial charge is 0.228 e. The van der Waals surface area contributed by atoms with Gasteiger partial charge in [0.1, 0.15) is 5.01 Å². The Morgan fingerprint density at radius 1 is 1.44 bits per heavy atom. The molecule has 4 nitrogen and oxygen atoms in total. The Morgan fingerprint density at radius 3 is 3.11 bits per heavy atom. The van der Waals surface area contributed by atoms with Crippen molar-refractivity contribution in [2.45, 2.75) is 31.7 Å². The molecule has 2 aliphatic rings. The van der Waals surface area contributed by atoms with Crippen molar-refractivity contribution in [1.29, 1.82) is 0 Å². The van der Waals surface area contributed by atoms with Crippen LogP contribution in [0.25, 0.3) is 0 Å². The van der Waals surface area contributed by atoms with E-state index in [2.05, 4.69) is 4.98 Å². The average Bonchev–Trinajstić information content (AvgIpc) is 3.11. The molecule has 18 heavy (non-hydrogen) atoms. The van der Waals surface area contributed by atoms with E-state index >= 15 is 0 Å². The molecule has 0 saturated carbocycles. The van der Waals surface area contributed by atoms with E-state index < -0.39 is 0 Å². The van der Waals surface area contributed by atoms with E-state index in [-0.39, 0.29) is 17.9 Å². The second-order valence-corrected chi connectivity index (χ2v) is 5.90. The Labute approximate surface area is 111 Å². The third kappa shape index (κ3) is 2.29. The molecule has 0 radical (unpaired) electrons. The minimum atomic E-state index is 0.0746. The van der Waals surface area contributed by atoms with E-state index in [1.807, 2.05) is 16.5 Å². The summed E-state index contributed by atoms with van der Waals surface area (Å²) in [5, 5.41) is 3.08. The van der Waals surface area contributed by atoms with Crippen LogP contribution in [0.5, 0.6) is 0 Å². The number of carbonyl (C=O) groups is 1. The molecule has 0 aliphatic carbocycles. The molecule has 1 amide bonds. The molecule has 2 saturated heterocycles. The zero-order chi connectivity index (χ0) is 12.4. The molecule has 3 rings (SSSR count). The number of ether oxygens (including phenoxy) is 1. The van der Waals surface area contributed by atoms with Crippen molar-refractivity contribution in [3.05, 3.63) is 16.6 Å². The lowest BCUT2D eigenvalue weighted by Crippen LogP contribution is -2.42. The number of rotatable bonds is 2. The third-order valence-corrected chi connectivity index (χ3v) is 4.68. The van der Waals surface area contributed by atoms with Crippen LogP contribution >= 0.6 is 11.3 Å². The minimum Gasteiger partial charge on any atom is -0.381 e. The van der Waals surface area contributed by atoms with Gasteiger partial charge in [-0.3, -0.25) is 4.79 Å². The maximum atomic E-state index is 12.5. The predicted molar refractivity (Wildman–Crippen MR) is 69.3 cm³/mol. The summed E-state index contributed by atoms with van der Waals surface area (Å²) in [7, 11) is 0. The number of likely N-dealkylation sites (tertiary alicyclic amines) is 1. The van der Waals surface area contributed by atoms with Gasteiger partial charge in [-0.15, -0.1) is 11.3 Å². The summed E-state index contributed by atoms with van der Waals surface area (Å²) in [5.41, 5.74) is 0. The summed E-state index contributed by atoms with van der Waals surface area (Å²) in [6, 6.07) is 0.201. The molecule has 1 aromatic rings. The van der Waals surface area contributed by atoms with Gasteiger partial charge in [-0.05, 0) is 25.7 Å². The van der Waals surface area contributed by atoms with Gasteiger partial charge in [0, 0.05) is 24.7 Å². The van der Waals surface area contributed by atoms with E-state index in [9.17, 15) is 4.79 Å². The molecule has 2 fully saturated rings. The van der Waals surface area contributed by atoms with Crippen LogP contribution < -0.4 is 0 Å². The van der Waals surface area contributed by atoms with Gasteiger partial charge in [0.05, 0.1) is 18.6 Å². The first-order valence-corrected chi connectivity index (χ1v) is 7.52. The monoisotopic (exact) mass is 266 g/mol. The third-order valence-electron chi connectivity index (χ3n) is 3.80. The Kier molecular flexibility index (Phi) is 3.61. The van der Waals surface area contributed by atoms with Gasteiger partial charge in [-0.25, -0.2) is 4.98 Å². The van der Waals surface area contributed by atoms with E-state index in [4.69, 9.17) is 4.74 Å². The molecular formula is C13H18N2O2S. The summed E-state index contributed by atoms with van der Waals surface area (Å²) in [6.07, 6.45) is 6.05. The number of thiazole rings is 1. The number of carbonyl (C=O) groups excluding carboxylic acids is 1. The van der Waals surface area contributed by atoms with Crippen molar-refractivity contribution in [1.82, 2.24) is 9.88 Å². The normalized spacial score (nSPS) is 28.6. The van der Waals surface area contributed by atoms with E-state index in [0.29, 0.717) is 6.61 Å². The molecule has 1 aromatic heterocycles. The minimum absolute atomic E-state index is 0.0746. The summed E-state index contributed by atoms with van der Waals surface area (Å²) < 4.78 is 5.33. The van der Waals surface area contributed by atoms with Gasteiger partial charge < -0.3 is 9.64 Å². The van der Waals surface area contributed by atoms with Crippen LogP contribution in [0, 0.1) is 5.92 Å². The fraction of sp³-hybridized carbons (Fsp3) is 0.692. The highest BCUT2D eigenvalue weighted by molar-refractivity contribution is 7.09. The SMILES string of the molecule is O=C([C@@H]1CCOC1)N1CCCC[C@H]1c1nccs1. The van der Waals surface area contributed by atoms with Gasteiger partial charge in [-0.1, -0.05) is 0 Å². The lowest BCUT2D eigenvalue weighted by Gasteiger charge is -2.36.